The number of carbonyl (C=O) groups is 4. The fourth-order valence-electron chi connectivity index (χ4n) is 3.91. The second-order valence-electron chi connectivity index (χ2n) is 7.49. The van der Waals surface area contributed by atoms with Gasteiger partial charge in [-0.25, -0.2) is 9.59 Å². The van der Waals surface area contributed by atoms with E-state index in [-0.39, 0.29) is 28.0 Å². The van der Waals surface area contributed by atoms with Crippen LogP contribution < -0.4 is 5.32 Å². The predicted molar refractivity (Wildman–Crippen MR) is 111 cm³/mol. The Balaban J connectivity index is 1.62. The Morgan fingerprint density at radius 1 is 1.13 bits per heavy atom. The van der Waals surface area contributed by atoms with Crippen molar-refractivity contribution in [2.75, 3.05) is 0 Å². The molecule has 1 saturated carbocycles. The summed E-state index contributed by atoms with van der Waals surface area (Å²) in [5.74, 6) is -2.02. The summed E-state index contributed by atoms with van der Waals surface area (Å²) >= 11 is 5.90. The molecule has 2 aromatic rings. The van der Waals surface area contributed by atoms with E-state index in [1.165, 1.54) is 18.2 Å². The van der Waals surface area contributed by atoms with E-state index in [9.17, 15) is 24.3 Å². The Bertz CT molecular complexity index is 1110. The van der Waals surface area contributed by atoms with Gasteiger partial charge in [0.25, 0.3) is 11.8 Å². The minimum absolute atomic E-state index is 0.0704. The van der Waals surface area contributed by atoms with Crippen molar-refractivity contribution >= 4 is 41.5 Å². The van der Waals surface area contributed by atoms with Crippen LogP contribution in [0.1, 0.15) is 48.2 Å². The molecule has 0 radical (unpaired) electrons. The third-order valence-electron chi connectivity index (χ3n) is 5.47. The van der Waals surface area contributed by atoms with Gasteiger partial charge in [-0.3, -0.25) is 19.8 Å². The van der Waals surface area contributed by atoms with Gasteiger partial charge in [0.15, 0.2) is 0 Å². The number of aromatic carboxylic acids is 1. The van der Waals surface area contributed by atoms with Crippen molar-refractivity contribution in [3.8, 4) is 11.3 Å². The lowest BCUT2D eigenvalue weighted by atomic mass is 9.93. The number of amides is 4. The number of urea groups is 1. The summed E-state index contributed by atoms with van der Waals surface area (Å²) in [7, 11) is 0. The topological polar surface area (TPSA) is 117 Å². The smallest absolute Gasteiger partial charge is 0.337 e. The molecule has 1 aliphatic carbocycles. The molecule has 4 rings (SSSR count). The van der Waals surface area contributed by atoms with Gasteiger partial charge in [0.1, 0.15) is 17.1 Å². The molecule has 2 N–H and O–H groups in total. The first kappa shape index (κ1) is 20.9. The molecule has 0 unspecified atom stereocenters. The van der Waals surface area contributed by atoms with Gasteiger partial charge in [-0.05, 0) is 49.2 Å². The van der Waals surface area contributed by atoms with E-state index in [0.717, 1.165) is 24.2 Å². The maximum absolute atomic E-state index is 12.9. The number of barbiturate groups is 1. The zero-order valence-corrected chi connectivity index (χ0v) is 17.1. The third kappa shape index (κ3) is 4.11. The monoisotopic (exact) mass is 442 g/mol. The highest BCUT2D eigenvalue weighted by molar-refractivity contribution is 6.33. The molecule has 9 heteroatoms. The van der Waals surface area contributed by atoms with E-state index in [2.05, 4.69) is 5.32 Å². The van der Waals surface area contributed by atoms with E-state index in [1.807, 2.05) is 0 Å². The van der Waals surface area contributed by atoms with Crippen molar-refractivity contribution in [2.45, 2.75) is 38.1 Å². The minimum atomic E-state index is -1.17. The van der Waals surface area contributed by atoms with E-state index in [1.54, 1.807) is 18.2 Å². The molecule has 160 valence electrons. The van der Waals surface area contributed by atoms with Crippen LogP contribution in [-0.2, 0) is 9.59 Å². The second kappa shape index (κ2) is 8.39. The SMILES string of the molecule is O=C1NC(=O)N(C2CCCCC2)C(=O)/C1=C/c1ccc(-c2ccc(Cl)c(C(=O)O)c2)o1. The van der Waals surface area contributed by atoms with Gasteiger partial charge < -0.3 is 9.52 Å². The highest BCUT2D eigenvalue weighted by Gasteiger charge is 2.40. The fourth-order valence-corrected chi connectivity index (χ4v) is 4.11. The number of benzene rings is 1. The molecule has 1 aliphatic heterocycles. The summed E-state index contributed by atoms with van der Waals surface area (Å²) in [6.45, 7) is 0. The number of imide groups is 2. The second-order valence-corrected chi connectivity index (χ2v) is 7.89. The summed E-state index contributed by atoms with van der Waals surface area (Å²) in [5, 5.41) is 11.6. The van der Waals surface area contributed by atoms with Gasteiger partial charge in [-0.2, -0.15) is 0 Å². The molecular weight excluding hydrogens is 424 g/mol. The van der Waals surface area contributed by atoms with Crippen molar-refractivity contribution in [1.29, 1.82) is 0 Å². The first-order valence-electron chi connectivity index (χ1n) is 9.89. The Morgan fingerprint density at radius 2 is 1.87 bits per heavy atom. The molecule has 0 atom stereocenters. The number of carbonyl (C=O) groups excluding carboxylic acids is 3. The van der Waals surface area contributed by atoms with Crippen molar-refractivity contribution in [3.63, 3.8) is 0 Å². The van der Waals surface area contributed by atoms with E-state index >= 15 is 0 Å². The van der Waals surface area contributed by atoms with Gasteiger partial charge >= 0.3 is 12.0 Å². The molecule has 2 heterocycles. The van der Waals surface area contributed by atoms with E-state index in [0.29, 0.717) is 24.2 Å². The molecule has 0 spiro atoms. The standard InChI is InChI=1S/C22H19ClN2O6/c23-17-8-6-12(10-15(17)21(28)29)18-9-7-14(31-18)11-16-19(26)24-22(30)25(20(16)27)13-4-2-1-3-5-13/h6-11,13H,1-5H2,(H,28,29)(H,24,26,30)/b16-11+. The van der Waals surface area contributed by atoms with Crippen LogP contribution in [0.3, 0.4) is 0 Å². The zero-order valence-electron chi connectivity index (χ0n) is 16.4. The number of carboxylic acids is 1. The molecule has 4 amide bonds. The van der Waals surface area contributed by atoms with Crippen molar-refractivity contribution < 1.29 is 28.7 Å². The lowest BCUT2D eigenvalue weighted by Crippen LogP contribution is -2.58. The summed E-state index contributed by atoms with van der Waals surface area (Å²) in [6.07, 6.45) is 5.64. The van der Waals surface area contributed by atoms with Gasteiger partial charge in [-0.15, -0.1) is 0 Å². The Hall–Kier alpha value is -3.39. The number of nitrogens with zero attached hydrogens (tertiary/aromatic N) is 1. The van der Waals surface area contributed by atoms with Crippen LogP contribution >= 0.6 is 11.6 Å². The molecule has 8 nitrogen and oxygen atoms in total. The van der Waals surface area contributed by atoms with Crippen LogP contribution in [0.15, 0.2) is 40.3 Å². The fraction of sp³-hybridized carbons (Fsp3) is 0.273. The van der Waals surface area contributed by atoms with Crippen LogP contribution in [-0.4, -0.2) is 39.9 Å². The van der Waals surface area contributed by atoms with E-state index < -0.39 is 23.8 Å². The lowest BCUT2D eigenvalue weighted by molar-refractivity contribution is -0.132. The summed E-state index contributed by atoms with van der Waals surface area (Å²) < 4.78 is 5.70. The number of carboxylic acid groups (broad SMARTS) is 1. The Labute approximate surface area is 182 Å². The van der Waals surface area contributed by atoms with Crippen LogP contribution in [0.25, 0.3) is 17.4 Å². The van der Waals surface area contributed by atoms with Crippen LogP contribution in [0.5, 0.6) is 0 Å². The highest BCUT2D eigenvalue weighted by Crippen LogP contribution is 2.29. The summed E-state index contributed by atoms with van der Waals surface area (Å²) in [5.41, 5.74) is 0.220. The first-order valence-corrected chi connectivity index (χ1v) is 10.3. The molecule has 2 fully saturated rings. The summed E-state index contributed by atoms with van der Waals surface area (Å²) in [6, 6.07) is 6.66. The van der Waals surface area contributed by atoms with Crippen molar-refractivity contribution in [2.24, 2.45) is 0 Å². The average Bonchev–Trinajstić information content (AvgIpc) is 3.20. The Kier molecular flexibility index (Phi) is 5.65. The zero-order chi connectivity index (χ0) is 22.1. The number of hydrogen-bond acceptors (Lipinski definition) is 5. The highest BCUT2D eigenvalue weighted by atomic mass is 35.5. The maximum atomic E-state index is 12.9. The number of hydrogen-bond donors (Lipinski definition) is 2. The quantitative estimate of drug-likeness (QED) is 0.544. The lowest BCUT2D eigenvalue weighted by Gasteiger charge is -2.35. The first-order chi connectivity index (χ1) is 14.8. The third-order valence-corrected chi connectivity index (χ3v) is 5.80. The van der Waals surface area contributed by atoms with Gasteiger partial charge in [0.2, 0.25) is 0 Å². The van der Waals surface area contributed by atoms with Gasteiger partial charge in [-0.1, -0.05) is 30.9 Å². The largest absolute Gasteiger partial charge is 0.478 e. The van der Waals surface area contributed by atoms with Crippen LogP contribution in [0.4, 0.5) is 4.79 Å². The average molecular weight is 443 g/mol. The number of nitrogens with one attached hydrogen (secondary N) is 1. The van der Waals surface area contributed by atoms with E-state index in [4.69, 9.17) is 16.0 Å². The van der Waals surface area contributed by atoms with Gasteiger partial charge in [0.05, 0.1) is 10.6 Å². The molecular formula is C22H19ClN2O6. The van der Waals surface area contributed by atoms with Gasteiger partial charge in [0, 0.05) is 11.6 Å². The molecule has 1 aromatic heterocycles. The van der Waals surface area contributed by atoms with Crippen LogP contribution in [0, 0.1) is 0 Å². The van der Waals surface area contributed by atoms with Crippen molar-refractivity contribution in [3.05, 3.63) is 52.3 Å². The minimum Gasteiger partial charge on any atom is -0.478 e. The molecule has 1 aromatic carbocycles. The van der Waals surface area contributed by atoms with Crippen molar-refractivity contribution in [1.82, 2.24) is 10.2 Å². The maximum Gasteiger partial charge on any atom is 0.337 e. The molecule has 31 heavy (non-hydrogen) atoms. The number of rotatable bonds is 4. The number of furan rings is 1. The molecule has 1 saturated heterocycles. The molecule has 0 bridgehead atoms. The Morgan fingerprint density at radius 3 is 2.58 bits per heavy atom. The normalized spacial score (nSPS) is 19.1. The summed E-state index contributed by atoms with van der Waals surface area (Å²) in [4.78, 5) is 50.0. The van der Waals surface area contributed by atoms with Crippen LogP contribution in [0.2, 0.25) is 5.02 Å². The number of halogens is 1. The predicted octanol–water partition coefficient (Wildman–Crippen LogP) is 4.09. The molecule has 2 aliphatic rings.